The van der Waals surface area contributed by atoms with Crippen LogP contribution in [0.15, 0.2) is 60.7 Å². The summed E-state index contributed by atoms with van der Waals surface area (Å²) in [5.74, 6) is -1.01. The molecule has 0 saturated carbocycles. The van der Waals surface area contributed by atoms with Gasteiger partial charge in [-0.3, -0.25) is 4.79 Å². The van der Waals surface area contributed by atoms with Crippen molar-refractivity contribution in [2.24, 2.45) is 5.41 Å². The van der Waals surface area contributed by atoms with Crippen LogP contribution in [0, 0.1) is 5.41 Å². The van der Waals surface area contributed by atoms with Gasteiger partial charge in [0.1, 0.15) is 0 Å². The van der Waals surface area contributed by atoms with E-state index in [-0.39, 0.29) is 11.8 Å². The monoisotopic (exact) mass is 302 g/mol. The average Bonchev–Trinajstić information content (AvgIpc) is 3.18. The van der Waals surface area contributed by atoms with E-state index in [4.69, 9.17) is 0 Å². The maximum absolute atomic E-state index is 12.3. The van der Waals surface area contributed by atoms with Gasteiger partial charge < -0.3 is 5.11 Å². The van der Waals surface area contributed by atoms with Gasteiger partial charge in [-0.2, -0.15) is 0 Å². The Kier molecular flexibility index (Phi) is 3.02. The summed E-state index contributed by atoms with van der Waals surface area (Å²) in [6.07, 6.45) is 8.19. The number of benzene rings is 2. The van der Waals surface area contributed by atoms with Crippen molar-refractivity contribution in [1.82, 2.24) is 0 Å². The Labute approximate surface area is 135 Å². The van der Waals surface area contributed by atoms with Gasteiger partial charge in [0.2, 0.25) is 0 Å². The van der Waals surface area contributed by atoms with Crippen LogP contribution in [0.4, 0.5) is 0 Å². The second-order valence-electron chi connectivity index (χ2n) is 6.52. The van der Waals surface area contributed by atoms with Gasteiger partial charge in [0.05, 0.1) is 5.41 Å². The molecular weight excluding hydrogens is 284 g/mol. The molecular formula is C21H18O2. The van der Waals surface area contributed by atoms with E-state index in [9.17, 15) is 9.90 Å². The number of carbonyl (C=O) groups is 1. The molecule has 2 unspecified atom stereocenters. The van der Waals surface area contributed by atoms with Crippen molar-refractivity contribution in [1.29, 1.82) is 0 Å². The first-order valence-corrected chi connectivity index (χ1v) is 7.90. The molecule has 0 amide bonds. The first kappa shape index (κ1) is 14.0. The van der Waals surface area contributed by atoms with Gasteiger partial charge in [-0.15, -0.1) is 0 Å². The van der Waals surface area contributed by atoms with Crippen LogP contribution in [0.5, 0.6) is 0 Å². The second-order valence-corrected chi connectivity index (χ2v) is 6.52. The summed E-state index contributed by atoms with van der Waals surface area (Å²) in [6.45, 7) is 1.88. The molecule has 2 atom stereocenters. The maximum atomic E-state index is 12.3. The first-order chi connectivity index (χ1) is 11.1. The standard InChI is InChI=1S/C21H18O2/c1-21(20(22)23,18-12-10-14-6-2-4-8-16(14)18)19-13-11-15-7-3-5-9-17(15)19/h2-13,18-19H,1H3,(H,22,23). The normalized spacial score (nSPS) is 23.3. The molecule has 0 spiro atoms. The predicted molar refractivity (Wildman–Crippen MR) is 92.2 cm³/mol. The highest BCUT2D eigenvalue weighted by atomic mass is 16.4. The SMILES string of the molecule is CC(C(=O)O)(C1C=Cc2ccccc21)C1C=Cc2ccccc21. The van der Waals surface area contributed by atoms with Crippen molar-refractivity contribution in [2.75, 3.05) is 0 Å². The lowest BCUT2D eigenvalue weighted by Crippen LogP contribution is -2.38. The van der Waals surface area contributed by atoms with Gasteiger partial charge in [-0.25, -0.2) is 0 Å². The van der Waals surface area contributed by atoms with Crippen LogP contribution in [-0.2, 0) is 4.79 Å². The van der Waals surface area contributed by atoms with Crippen molar-refractivity contribution in [3.05, 3.63) is 82.9 Å². The number of carboxylic acids is 1. The summed E-state index contributed by atoms with van der Waals surface area (Å²) in [6, 6.07) is 16.2. The van der Waals surface area contributed by atoms with E-state index in [0.29, 0.717) is 0 Å². The Bertz CT molecular complexity index is 783. The Balaban J connectivity index is 1.85. The van der Waals surface area contributed by atoms with E-state index >= 15 is 0 Å². The van der Waals surface area contributed by atoms with Gasteiger partial charge in [-0.1, -0.05) is 72.8 Å². The molecule has 2 aliphatic carbocycles. The van der Waals surface area contributed by atoms with E-state index in [1.165, 1.54) is 0 Å². The Morgan fingerprint density at radius 1 is 0.870 bits per heavy atom. The number of aliphatic carboxylic acids is 1. The zero-order valence-electron chi connectivity index (χ0n) is 12.9. The maximum Gasteiger partial charge on any atom is 0.311 e. The predicted octanol–water partition coefficient (Wildman–Crippen LogP) is 4.70. The molecule has 1 N–H and O–H groups in total. The number of hydrogen-bond donors (Lipinski definition) is 1. The van der Waals surface area contributed by atoms with Gasteiger partial charge in [0, 0.05) is 11.8 Å². The minimum Gasteiger partial charge on any atom is -0.481 e. The Morgan fingerprint density at radius 2 is 1.30 bits per heavy atom. The third-order valence-electron chi connectivity index (χ3n) is 5.35. The molecule has 0 aliphatic heterocycles. The smallest absolute Gasteiger partial charge is 0.311 e. The zero-order valence-corrected chi connectivity index (χ0v) is 12.9. The lowest BCUT2D eigenvalue weighted by atomic mass is 9.64. The summed E-state index contributed by atoms with van der Waals surface area (Å²) in [7, 11) is 0. The van der Waals surface area contributed by atoms with Crippen molar-refractivity contribution < 1.29 is 9.90 Å². The van der Waals surface area contributed by atoms with E-state index in [2.05, 4.69) is 0 Å². The lowest BCUT2D eigenvalue weighted by Gasteiger charge is -2.36. The number of allylic oxidation sites excluding steroid dienone is 2. The summed E-state index contributed by atoms with van der Waals surface area (Å²) in [4.78, 5) is 12.3. The molecule has 0 saturated heterocycles. The van der Waals surface area contributed by atoms with Crippen LogP contribution >= 0.6 is 0 Å². The van der Waals surface area contributed by atoms with Crippen LogP contribution in [0.25, 0.3) is 12.2 Å². The lowest BCUT2D eigenvalue weighted by molar-refractivity contribution is -0.149. The van der Waals surface area contributed by atoms with E-state index in [1.807, 2.05) is 79.8 Å². The topological polar surface area (TPSA) is 37.3 Å². The first-order valence-electron chi connectivity index (χ1n) is 7.90. The highest BCUT2D eigenvalue weighted by molar-refractivity contribution is 5.82. The second kappa shape index (κ2) is 4.95. The van der Waals surface area contributed by atoms with Crippen molar-refractivity contribution >= 4 is 18.1 Å². The van der Waals surface area contributed by atoms with Crippen molar-refractivity contribution in [2.45, 2.75) is 18.8 Å². The van der Waals surface area contributed by atoms with Crippen molar-refractivity contribution in [3.63, 3.8) is 0 Å². The fourth-order valence-electron chi connectivity index (χ4n) is 4.00. The Hall–Kier alpha value is -2.61. The Morgan fingerprint density at radius 3 is 1.74 bits per heavy atom. The minimum atomic E-state index is -0.911. The molecule has 0 aromatic heterocycles. The van der Waals surface area contributed by atoms with E-state index < -0.39 is 11.4 Å². The highest BCUT2D eigenvalue weighted by Gasteiger charge is 2.50. The number of carboxylic acid groups (broad SMARTS) is 1. The molecule has 2 aromatic carbocycles. The molecule has 0 fully saturated rings. The highest BCUT2D eigenvalue weighted by Crippen LogP contribution is 2.53. The molecule has 0 radical (unpaired) electrons. The number of rotatable bonds is 3. The summed E-state index contributed by atoms with van der Waals surface area (Å²) in [5.41, 5.74) is 3.55. The molecule has 114 valence electrons. The molecule has 2 aliphatic rings. The van der Waals surface area contributed by atoms with Crippen LogP contribution in [0.1, 0.15) is 41.0 Å². The van der Waals surface area contributed by atoms with E-state index in [0.717, 1.165) is 22.3 Å². The van der Waals surface area contributed by atoms with Gasteiger partial charge >= 0.3 is 5.97 Å². The minimum absolute atomic E-state index is 0.128. The fourth-order valence-corrected chi connectivity index (χ4v) is 4.00. The summed E-state index contributed by atoms with van der Waals surface area (Å²) >= 11 is 0. The summed E-state index contributed by atoms with van der Waals surface area (Å²) < 4.78 is 0. The molecule has 2 heteroatoms. The summed E-state index contributed by atoms with van der Waals surface area (Å²) in [5, 5.41) is 10.1. The quantitative estimate of drug-likeness (QED) is 0.892. The molecule has 23 heavy (non-hydrogen) atoms. The molecule has 4 rings (SSSR count). The molecule has 2 nitrogen and oxygen atoms in total. The van der Waals surface area contributed by atoms with Gasteiger partial charge in [-0.05, 0) is 29.2 Å². The van der Waals surface area contributed by atoms with E-state index in [1.54, 1.807) is 0 Å². The third-order valence-corrected chi connectivity index (χ3v) is 5.35. The average molecular weight is 302 g/mol. The largest absolute Gasteiger partial charge is 0.481 e. The van der Waals surface area contributed by atoms with Crippen LogP contribution in [0.2, 0.25) is 0 Å². The van der Waals surface area contributed by atoms with Crippen LogP contribution in [-0.4, -0.2) is 11.1 Å². The molecule has 0 heterocycles. The van der Waals surface area contributed by atoms with Crippen LogP contribution in [0.3, 0.4) is 0 Å². The molecule has 2 aromatic rings. The number of hydrogen-bond acceptors (Lipinski definition) is 1. The van der Waals surface area contributed by atoms with Gasteiger partial charge in [0.15, 0.2) is 0 Å². The van der Waals surface area contributed by atoms with Gasteiger partial charge in [0.25, 0.3) is 0 Å². The number of fused-ring (bicyclic) bond motifs is 2. The fraction of sp³-hybridized carbons (Fsp3) is 0.190. The van der Waals surface area contributed by atoms with Crippen LogP contribution < -0.4 is 0 Å². The van der Waals surface area contributed by atoms with Crippen molar-refractivity contribution in [3.8, 4) is 0 Å². The third kappa shape index (κ3) is 1.91. The molecule has 0 bridgehead atoms. The zero-order chi connectivity index (χ0) is 16.0.